The van der Waals surface area contributed by atoms with Crippen LogP contribution in [0.15, 0.2) is 28.9 Å². The van der Waals surface area contributed by atoms with Gasteiger partial charge in [0, 0.05) is 22.1 Å². The van der Waals surface area contributed by atoms with Crippen LogP contribution in [0, 0.1) is 0 Å². The van der Waals surface area contributed by atoms with Crippen LogP contribution in [0.5, 0.6) is 5.75 Å². The fraction of sp³-hybridized carbons (Fsp3) is 0.182. The molecule has 0 aliphatic heterocycles. The summed E-state index contributed by atoms with van der Waals surface area (Å²) in [6.07, 6.45) is 1.78. The lowest BCUT2D eigenvalue weighted by Crippen LogP contribution is -1.94. The van der Waals surface area contributed by atoms with E-state index in [0.717, 1.165) is 25.9 Å². The van der Waals surface area contributed by atoms with Crippen LogP contribution in [-0.4, -0.2) is 12.1 Å². The first-order valence-corrected chi connectivity index (χ1v) is 6.59. The van der Waals surface area contributed by atoms with Crippen LogP contribution in [0.4, 0.5) is 10.8 Å². The highest BCUT2D eigenvalue weighted by molar-refractivity contribution is 9.10. The summed E-state index contributed by atoms with van der Waals surface area (Å²) in [4.78, 5) is 5.29. The zero-order valence-electron chi connectivity index (χ0n) is 9.24. The highest BCUT2D eigenvalue weighted by Crippen LogP contribution is 2.31. The van der Waals surface area contributed by atoms with Crippen LogP contribution in [0.3, 0.4) is 0 Å². The number of benzene rings is 1. The summed E-state index contributed by atoms with van der Waals surface area (Å²) in [7, 11) is 1.64. The van der Waals surface area contributed by atoms with Gasteiger partial charge in [0.25, 0.3) is 0 Å². The molecule has 0 aliphatic rings. The SMILES string of the molecule is COc1ccc(Br)cc1Nc1ncc(CN)s1. The number of aromatic nitrogens is 1. The second-order valence-corrected chi connectivity index (χ2v) is 5.34. The van der Waals surface area contributed by atoms with Gasteiger partial charge in [-0.05, 0) is 18.2 Å². The number of ether oxygens (including phenoxy) is 1. The highest BCUT2D eigenvalue weighted by Gasteiger charge is 2.06. The summed E-state index contributed by atoms with van der Waals surface area (Å²) in [5.74, 6) is 0.776. The lowest BCUT2D eigenvalue weighted by atomic mass is 10.3. The summed E-state index contributed by atoms with van der Waals surface area (Å²) >= 11 is 4.96. The lowest BCUT2D eigenvalue weighted by Gasteiger charge is -2.09. The fourth-order valence-electron chi connectivity index (χ4n) is 1.35. The fourth-order valence-corrected chi connectivity index (χ4v) is 2.42. The van der Waals surface area contributed by atoms with Crippen LogP contribution in [0.1, 0.15) is 4.88 Å². The number of methoxy groups -OCH3 is 1. The Morgan fingerprint density at radius 3 is 3.00 bits per heavy atom. The third kappa shape index (κ3) is 2.96. The van der Waals surface area contributed by atoms with Crippen LogP contribution in [-0.2, 0) is 6.54 Å². The first-order chi connectivity index (χ1) is 8.22. The number of nitrogens with zero attached hydrogens (tertiary/aromatic N) is 1. The predicted molar refractivity (Wildman–Crippen MR) is 74.0 cm³/mol. The number of nitrogens with two attached hydrogens (primary N) is 1. The molecule has 90 valence electrons. The average molecular weight is 314 g/mol. The van der Waals surface area contributed by atoms with Gasteiger partial charge in [0.15, 0.2) is 5.13 Å². The largest absolute Gasteiger partial charge is 0.495 e. The first kappa shape index (κ1) is 12.3. The molecule has 0 amide bonds. The van der Waals surface area contributed by atoms with Gasteiger partial charge in [0.05, 0.1) is 12.8 Å². The molecule has 0 bridgehead atoms. The Morgan fingerprint density at radius 2 is 2.35 bits per heavy atom. The van der Waals surface area contributed by atoms with Crippen molar-refractivity contribution in [2.24, 2.45) is 5.73 Å². The second kappa shape index (κ2) is 5.48. The minimum Gasteiger partial charge on any atom is -0.495 e. The van der Waals surface area contributed by atoms with Crippen molar-refractivity contribution in [3.05, 3.63) is 33.7 Å². The molecule has 4 nitrogen and oxygen atoms in total. The maximum atomic E-state index is 5.55. The van der Waals surface area contributed by atoms with Crippen LogP contribution in [0.2, 0.25) is 0 Å². The molecular weight excluding hydrogens is 302 g/mol. The molecule has 0 fully saturated rings. The summed E-state index contributed by atoms with van der Waals surface area (Å²) in [6, 6.07) is 5.77. The topological polar surface area (TPSA) is 60.2 Å². The minimum absolute atomic E-state index is 0.509. The number of hydrogen-bond acceptors (Lipinski definition) is 5. The lowest BCUT2D eigenvalue weighted by molar-refractivity contribution is 0.417. The van der Waals surface area contributed by atoms with E-state index in [-0.39, 0.29) is 0 Å². The number of thiazole rings is 1. The van der Waals surface area contributed by atoms with Crippen molar-refractivity contribution in [1.82, 2.24) is 4.98 Å². The molecule has 2 rings (SSSR count). The Balaban J connectivity index is 2.25. The third-order valence-corrected chi connectivity index (χ3v) is 3.59. The second-order valence-electron chi connectivity index (χ2n) is 3.31. The van der Waals surface area contributed by atoms with Crippen LogP contribution >= 0.6 is 27.3 Å². The molecule has 17 heavy (non-hydrogen) atoms. The predicted octanol–water partition coefficient (Wildman–Crippen LogP) is 3.12. The Bertz CT molecular complexity index is 515. The van der Waals surface area contributed by atoms with E-state index in [4.69, 9.17) is 10.5 Å². The van der Waals surface area contributed by atoms with Gasteiger partial charge < -0.3 is 15.8 Å². The quantitative estimate of drug-likeness (QED) is 0.910. The Morgan fingerprint density at radius 1 is 1.53 bits per heavy atom. The third-order valence-electron chi connectivity index (χ3n) is 2.16. The van der Waals surface area contributed by atoms with E-state index < -0.39 is 0 Å². The van der Waals surface area contributed by atoms with E-state index >= 15 is 0 Å². The van der Waals surface area contributed by atoms with Crippen molar-refractivity contribution >= 4 is 38.1 Å². The van der Waals surface area contributed by atoms with Crippen molar-refractivity contribution in [1.29, 1.82) is 0 Å². The number of nitrogens with one attached hydrogen (secondary N) is 1. The summed E-state index contributed by atoms with van der Waals surface area (Å²) in [6.45, 7) is 0.509. The summed E-state index contributed by atoms with van der Waals surface area (Å²) < 4.78 is 6.26. The van der Waals surface area contributed by atoms with Crippen molar-refractivity contribution in [3.63, 3.8) is 0 Å². The standard InChI is InChI=1S/C11H12BrN3OS/c1-16-10-3-2-7(12)4-9(10)15-11-14-6-8(5-13)17-11/h2-4,6H,5,13H2,1H3,(H,14,15). The molecule has 1 heterocycles. The van der Waals surface area contributed by atoms with Crippen molar-refractivity contribution < 1.29 is 4.74 Å². The molecular formula is C11H12BrN3OS. The first-order valence-electron chi connectivity index (χ1n) is 4.98. The molecule has 1 aromatic carbocycles. The Labute approximate surface area is 112 Å². The van der Waals surface area contributed by atoms with E-state index in [1.165, 1.54) is 11.3 Å². The highest BCUT2D eigenvalue weighted by atomic mass is 79.9. The van der Waals surface area contributed by atoms with E-state index in [2.05, 4.69) is 26.2 Å². The van der Waals surface area contributed by atoms with Crippen LogP contribution in [0.25, 0.3) is 0 Å². The number of halogens is 1. The summed E-state index contributed by atoms with van der Waals surface area (Å²) in [5, 5.41) is 4.02. The van der Waals surface area contributed by atoms with Crippen molar-refractivity contribution in [2.75, 3.05) is 12.4 Å². The van der Waals surface area contributed by atoms with Gasteiger partial charge in [-0.3, -0.25) is 0 Å². The van der Waals surface area contributed by atoms with Gasteiger partial charge in [-0.1, -0.05) is 15.9 Å². The molecule has 2 aromatic rings. The maximum absolute atomic E-state index is 5.55. The average Bonchev–Trinajstić information content (AvgIpc) is 2.77. The van der Waals surface area contributed by atoms with Gasteiger partial charge in [-0.15, -0.1) is 11.3 Å². The molecule has 1 aromatic heterocycles. The van der Waals surface area contributed by atoms with Gasteiger partial charge in [0.2, 0.25) is 0 Å². The zero-order chi connectivity index (χ0) is 12.3. The van der Waals surface area contributed by atoms with Crippen molar-refractivity contribution in [3.8, 4) is 5.75 Å². The summed E-state index contributed by atoms with van der Waals surface area (Å²) in [5.41, 5.74) is 6.42. The maximum Gasteiger partial charge on any atom is 0.187 e. The molecule has 0 aliphatic carbocycles. The van der Waals surface area contributed by atoms with Crippen LogP contribution < -0.4 is 15.8 Å². The molecule has 0 atom stereocenters. The van der Waals surface area contributed by atoms with Gasteiger partial charge >= 0.3 is 0 Å². The molecule has 0 radical (unpaired) electrons. The molecule has 0 unspecified atom stereocenters. The zero-order valence-corrected chi connectivity index (χ0v) is 11.6. The smallest absolute Gasteiger partial charge is 0.187 e. The van der Waals surface area contributed by atoms with E-state index in [1.807, 2.05) is 18.2 Å². The van der Waals surface area contributed by atoms with Gasteiger partial charge in [0.1, 0.15) is 5.75 Å². The number of hydrogen-bond donors (Lipinski definition) is 2. The molecule has 0 saturated heterocycles. The molecule has 3 N–H and O–H groups in total. The Kier molecular flexibility index (Phi) is 3.98. The molecule has 6 heteroatoms. The number of anilines is 2. The van der Waals surface area contributed by atoms with E-state index in [0.29, 0.717) is 6.54 Å². The molecule has 0 saturated carbocycles. The van der Waals surface area contributed by atoms with E-state index in [9.17, 15) is 0 Å². The van der Waals surface area contributed by atoms with E-state index in [1.54, 1.807) is 13.3 Å². The van der Waals surface area contributed by atoms with Crippen molar-refractivity contribution in [2.45, 2.75) is 6.54 Å². The Hall–Kier alpha value is -1.11. The molecule has 0 spiro atoms. The minimum atomic E-state index is 0.509. The number of rotatable bonds is 4. The normalized spacial score (nSPS) is 10.3. The van der Waals surface area contributed by atoms with Gasteiger partial charge in [-0.2, -0.15) is 0 Å². The van der Waals surface area contributed by atoms with Gasteiger partial charge in [-0.25, -0.2) is 4.98 Å². The monoisotopic (exact) mass is 313 g/mol.